The summed E-state index contributed by atoms with van der Waals surface area (Å²) in [4.78, 5) is 21.5. The van der Waals surface area contributed by atoms with E-state index in [2.05, 4.69) is 31.9 Å². The Bertz CT molecular complexity index is 1080. The number of benzene rings is 1. The molecule has 1 aromatic carbocycles. The number of sulfonamides is 1. The highest BCUT2D eigenvalue weighted by molar-refractivity contribution is 7.89. The number of likely N-dealkylation sites (N-methyl/N-ethyl adjacent to an activating group) is 1. The van der Waals surface area contributed by atoms with E-state index in [0.717, 1.165) is 44.8 Å². The Morgan fingerprint density at radius 2 is 1.81 bits per heavy atom. The average Bonchev–Trinajstić information content (AvgIpc) is 3.52. The van der Waals surface area contributed by atoms with Gasteiger partial charge in [0.1, 0.15) is 10.7 Å². The highest BCUT2D eigenvalue weighted by atomic mass is 35.5. The second-order valence-electron chi connectivity index (χ2n) is 7.81. The van der Waals surface area contributed by atoms with Crippen LogP contribution >= 0.6 is 23.2 Å². The van der Waals surface area contributed by atoms with Crippen molar-refractivity contribution in [2.24, 2.45) is 0 Å². The number of halogens is 2. The molecule has 1 saturated heterocycles. The number of carbonyl (C=O) groups is 1. The van der Waals surface area contributed by atoms with Crippen LogP contribution in [-0.4, -0.2) is 63.5 Å². The largest absolute Gasteiger partial charge is 0.354 e. The first kappa shape index (κ1) is 22.3. The van der Waals surface area contributed by atoms with E-state index in [-0.39, 0.29) is 26.5 Å². The standard InChI is InChI=1S/C20H23Cl2N5O3S/c1-26-6-8-27(9-7-26)19-5-4-14(12-23-19)24-20(28)15-10-18(17(22)11-16(15)21)31(29,30)25-13-2-3-13/h4-5,10-13,25H,2-3,6-9H2,1H3,(H,24,28). The van der Waals surface area contributed by atoms with E-state index in [4.69, 9.17) is 23.2 Å². The number of hydrogen-bond acceptors (Lipinski definition) is 6. The molecule has 11 heteroatoms. The zero-order chi connectivity index (χ0) is 22.2. The summed E-state index contributed by atoms with van der Waals surface area (Å²) in [7, 11) is -1.75. The van der Waals surface area contributed by atoms with Gasteiger partial charge in [0.15, 0.2) is 0 Å². The van der Waals surface area contributed by atoms with Gasteiger partial charge in [-0.15, -0.1) is 0 Å². The van der Waals surface area contributed by atoms with E-state index in [1.807, 2.05) is 6.07 Å². The van der Waals surface area contributed by atoms with Crippen LogP contribution in [0.25, 0.3) is 0 Å². The van der Waals surface area contributed by atoms with E-state index < -0.39 is 15.9 Å². The maximum absolute atomic E-state index is 12.8. The Labute approximate surface area is 191 Å². The quantitative estimate of drug-likeness (QED) is 0.655. The van der Waals surface area contributed by atoms with E-state index in [1.165, 1.54) is 12.1 Å². The molecule has 2 heterocycles. The van der Waals surface area contributed by atoms with Gasteiger partial charge < -0.3 is 15.1 Å². The predicted octanol–water partition coefficient (Wildman–Crippen LogP) is 2.83. The molecule has 1 amide bonds. The number of nitrogens with zero attached hydrogens (tertiary/aromatic N) is 3. The first-order valence-electron chi connectivity index (χ1n) is 9.95. The molecule has 1 aliphatic carbocycles. The molecule has 0 atom stereocenters. The van der Waals surface area contributed by atoms with Crippen molar-refractivity contribution in [2.75, 3.05) is 43.4 Å². The molecule has 1 aromatic heterocycles. The fraction of sp³-hybridized carbons (Fsp3) is 0.400. The summed E-state index contributed by atoms with van der Waals surface area (Å²) in [5.74, 6) is 0.300. The Morgan fingerprint density at radius 1 is 1.10 bits per heavy atom. The van der Waals surface area contributed by atoms with Gasteiger partial charge in [0.25, 0.3) is 5.91 Å². The third kappa shape index (κ3) is 5.30. The number of hydrogen-bond donors (Lipinski definition) is 2. The minimum absolute atomic E-state index is 0.0189. The lowest BCUT2D eigenvalue weighted by Crippen LogP contribution is -2.44. The lowest BCUT2D eigenvalue weighted by atomic mass is 10.2. The number of amides is 1. The van der Waals surface area contributed by atoms with E-state index in [0.29, 0.717) is 5.69 Å². The molecule has 2 N–H and O–H groups in total. The maximum Gasteiger partial charge on any atom is 0.257 e. The second-order valence-corrected chi connectivity index (χ2v) is 10.3. The highest BCUT2D eigenvalue weighted by Crippen LogP contribution is 2.31. The van der Waals surface area contributed by atoms with Crippen LogP contribution in [0, 0.1) is 0 Å². The van der Waals surface area contributed by atoms with Crippen LogP contribution in [0.5, 0.6) is 0 Å². The molecule has 1 aliphatic heterocycles. The molecular formula is C20H23Cl2N5O3S. The monoisotopic (exact) mass is 483 g/mol. The number of carbonyl (C=O) groups excluding carboxylic acids is 1. The van der Waals surface area contributed by atoms with Crippen LogP contribution in [0.3, 0.4) is 0 Å². The molecule has 0 radical (unpaired) electrons. The SMILES string of the molecule is CN1CCN(c2ccc(NC(=O)c3cc(S(=O)(=O)NC4CC4)c(Cl)cc3Cl)cn2)CC1. The van der Waals surface area contributed by atoms with Gasteiger partial charge in [-0.05, 0) is 44.2 Å². The van der Waals surface area contributed by atoms with Crippen molar-refractivity contribution in [3.8, 4) is 0 Å². The highest BCUT2D eigenvalue weighted by Gasteiger charge is 2.30. The number of pyridine rings is 1. The fourth-order valence-electron chi connectivity index (χ4n) is 3.27. The van der Waals surface area contributed by atoms with Crippen molar-refractivity contribution in [1.82, 2.24) is 14.6 Å². The molecule has 2 aliphatic rings. The van der Waals surface area contributed by atoms with Crippen LogP contribution < -0.4 is 14.9 Å². The molecule has 31 heavy (non-hydrogen) atoms. The first-order chi connectivity index (χ1) is 14.7. The van der Waals surface area contributed by atoms with E-state index in [9.17, 15) is 13.2 Å². The minimum atomic E-state index is -3.84. The molecule has 166 valence electrons. The van der Waals surface area contributed by atoms with Gasteiger partial charge in [0.2, 0.25) is 10.0 Å². The number of piperazine rings is 1. The van der Waals surface area contributed by atoms with Crippen LogP contribution in [0.2, 0.25) is 10.0 Å². The number of nitrogens with one attached hydrogen (secondary N) is 2. The zero-order valence-corrected chi connectivity index (χ0v) is 19.3. The number of anilines is 2. The number of aromatic nitrogens is 1. The Balaban J connectivity index is 1.50. The third-order valence-corrected chi connectivity index (χ3v) is 7.59. The van der Waals surface area contributed by atoms with Gasteiger partial charge >= 0.3 is 0 Å². The summed E-state index contributed by atoms with van der Waals surface area (Å²) in [6.07, 6.45) is 3.14. The summed E-state index contributed by atoms with van der Waals surface area (Å²) >= 11 is 12.3. The second kappa shape index (κ2) is 8.91. The molecule has 2 fully saturated rings. The lowest BCUT2D eigenvalue weighted by Gasteiger charge is -2.33. The van der Waals surface area contributed by atoms with Crippen LogP contribution in [-0.2, 0) is 10.0 Å². The van der Waals surface area contributed by atoms with E-state index >= 15 is 0 Å². The van der Waals surface area contributed by atoms with Crippen molar-refractivity contribution in [3.05, 3.63) is 46.1 Å². The Hall–Kier alpha value is -1.91. The molecule has 0 bridgehead atoms. The summed E-state index contributed by atoms with van der Waals surface area (Å²) in [6, 6.07) is 6.00. The average molecular weight is 484 g/mol. The van der Waals surface area contributed by atoms with Gasteiger partial charge in [0, 0.05) is 32.2 Å². The number of rotatable bonds is 6. The smallest absolute Gasteiger partial charge is 0.257 e. The molecule has 0 spiro atoms. The topological polar surface area (TPSA) is 94.6 Å². The van der Waals surface area contributed by atoms with Crippen molar-refractivity contribution >= 4 is 50.6 Å². The molecule has 1 saturated carbocycles. The fourth-order valence-corrected chi connectivity index (χ4v) is 5.44. The van der Waals surface area contributed by atoms with Crippen molar-refractivity contribution in [3.63, 3.8) is 0 Å². The Morgan fingerprint density at radius 3 is 2.42 bits per heavy atom. The maximum atomic E-state index is 12.8. The predicted molar refractivity (Wildman–Crippen MR) is 122 cm³/mol. The normalized spacial score (nSPS) is 17.6. The van der Waals surface area contributed by atoms with Gasteiger partial charge in [-0.25, -0.2) is 18.1 Å². The van der Waals surface area contributed by atoms with Crippen molar-refractivity contribution in [2.45, 2.75) is 23.8 Å². The third-order valence-electron chi connectivity index (χ3n) is 5.29. The summed E-state index contributed by atoms with van der Waals surface area (Å²) < 4.78 is 27.7. The van der Waals surface area contributed by atoms with Crippen LogP contribution in [0.15, 0.2) is 35.4 Å². The Kier molecular flexibility index (Phi) is 6.41. The molecular weight excluding hydrogens is 461 g/mol. The van der Waals surface area contributed by atoms with Gasteiger partial charge in [0.05, 0.1) is 27.5 Å². The molecule has 2 aromatic rings. The first-order valence-corrected chi connectivity index (χ1v) is 12.2. The van der Waals surface area contributed by atoms with Crippen LogP contribution in [0.1, 0.15) is 23.2 Å². The summed E-state index contributed by atoms with van der Waals surface area (Å²) in [5, 5.41) is 2.75. The zero-order valence-electron chi connectivity index (χ0n) is 16.9. The lowest BCUT2D eigenvalue weighted by molar-refractivity contribution is 0.102. The van der Waals surface area contributed by atoms with Gasteiger partial charge in [-0.2, -0.15) is 0 Å². The minimum Gasteiger partial charge on any atom is -0.354 e. The summed E-state index contributed by atoms with van der Waals surface area (Å²) in [6.45, 7) is 3.72. The molecule has 8 nitrogen and oxygen atoms in total. The molecule has 4 rings (SSSR count). The van der Waals surface area contributed by atoms with Crippen LogP contribution in [0.4, 0.5) is 11.5 Å². The van der Waals surface area contributed by atoms with Crippen molar-refractivity contribution < 1.29 is 13.2 Å². The van der Waals surface area contributed by atoms with E-state index in [1.54, 1.807) is 12.3 Å². The summed E-state index contributed by atoms with van der Waals surface area (Å²) in [5.41, 5.74) is 0.500. The van der Waals surface area contributed by atoms with Crippen molar-refractivity contribution in [1.29, 1.82) is 0 Å². The van der Waals surface area contributed by atoms with Gasteiger partial charge in [-0.1, -0.05) is 23.2 Å². The van der Waals surface area contributed by atoms with Gasteiger partial charge in [-0.3, -0.25) is 4.79 Å². The molecule has 0 unspecified atom stereocenters.